The maximum Gasteiger partial charge on any atom is 0.360 e. The molecule has 1 atom stereocenters. The Balaban J connectivity index is 1.97. The SMILES string of the molecule is COC(=O)c1cn(C[C@@H]2CCCN2)nn1. The predicted octanol–water partition coefficient (Wildman–Crippen LogP) is -0.183. The first-order valence-corrected chi connectivity index (χ1v) is 5.01. The predicted molar refractivity (Wildman–Crippen MR) is 52.4 cm³/mol. The second-order valence-corrected chi connectivity index (χ2v) is 3.61. The van der Waals surface area contributed by atoms with Crippen LogP contribution in [0.1, 0.15) is 23.3 Å². The fraction of sp³-hybridized carbons (Fsp3) is 0.667. The minimum Gasteiger partial charge on any atom is -0.464 e. The first-order chi connectivity index (χ1) is 7.29. The number of nitrogens with zero attached hydrogens (tertiary/aromatic N) is 3. The van der Waals surface area contributed by atoms with Gasteiger partial charge in [-0.15, -0.1) is 5.10 Å². The standard InChI is InChI=1S/C9H14N4O2/c1-15-9(14)8-6-13(12-11-8)5-7-3-2-4-10-7/h6-7,10H,2-5H2,1H3/t7-/m0/s1. The number of methoxy groups -OCH3 is 1. The van der Waals surface area contributed by atoms with Gasteiger partial charge in [0.05, 0.1) is 19.9 Å². The van der Waals surface area contributed by atoms with Crippen molar-refractivity contribution >= 4 is 5.97 Å². The Morgan fingerprint density at radius 1 is 1.80 bits per heavy atom. The van der Waals surface area contributed by atoms with Crippen LogP contribution >= 0.6 is 0 Å². The molecule has 0 aromatic carbocycles. The van der Waals surface area contributed by atoms with E-state index in [1.54, 1.807) is 10.9 Å². The van der Waals surface area contributed by atoms with Crippen molar-refractivity contribution in [2.45, 2.75) is 25.4 Å². The molecule has 2 heterocycles. The second kappa shape index (κ2) is 4.39. The molecule has 1 aliphatic heterocycles. The maximum absolute atomic E-state index is 11.1. The van der Waals surface area contributed by atoms with Crippen molar-refractivity contribution in [1.82, 2.24) is 20.3 Å². The number of hydrogen-bond acceptors (Lipinski definition) is 5. The zero-order valence-electron chi connectivity index (χ0n) is 8.64. The van der Waals surface area contributed by atoms with Crippen LogP contribution in [0.3, 0.4) is 0 Å². The van der Waals surface area contributed by atoms with Gasteiger partial charge in [-0.2, -0.15) is 0 Å². The third-order valence-electron chi connectivity index (χ3n) is 2.50. The number of nitrogens with one attached hydrogen (secondary N) is 1. The molecule has 1 N–H and O–H groups in total. The normalized spacial score (nSPS) is 20.5. The Morgan fingerprint density at radius 3 is 3.33 bits per heavy atom. The van der Waals surface area contributed by atoms with Gasteiger partial charge in [0.15, 0.2) is 5.69 Å². The highest BCUT2D eigenvalue weighted by atomic mass is 16.5. The summed E-state index contributed by atoms with van der Waals surface area (Å²) in [5, 5.41) is 11.0. The number of hydrogen-bond donors (Lipinski definition) is 1. The summed E-state index contributed by atoms with van der Waals surface area (Å²) in [7, 11) is 1.33. The van der Waals surface area contributed by atoms with E-state index in [1.165, 1.54) is 13.5 Å². The Bertz CT molecular complexity index is 344. The van der Waals surface area contributed by atoms with Gasteiger partial charge in [-0.1, -0.05) is 5.21 Å². The van der Waals surface area contributed by atoms with E-state index >= 15 is 0 Å². The van der Waals surface area contributed by atoms with Gasteiger partial charge in [0.25, 0.3) is 0 Å². The van der Waals surface area contributed by atoms with E-state index in [0.717, 1.165) is 19.5 Å². The second-order valence-electron chi connectivity index (χ2n) is 3.61. The molecule has 0 bridgehead atoms. The highest BCUT2D eigenvalue weighted by Gasteiger charge is 2.16. The van der Waals surface area contributed by atoms with Crippen LogP contribution in [0.4, 0.5) is 0 Å². The van der Waals surface area contributed by atoms with Crippen LogP contribution in [0, 0.1) is 0 Å². The van der Waals surface area contributed by atoms with Crippen LogP contribution in [-0.4, -0.2) is 40.7 Å². The zero-order valence-corrected chi connectivity index (χ0v) is 8.64. The summed E-state index contributed by atoms with van der Waals surface area (Å²) in [6.45, 7) is 1.81. The summed E-state index contributed by atoms with van der Waals surface area (Å²) in [6.07, 6.45) is 3.96. The lowest BCUT2D eigenvalue weighted by Gasteiger charge is -2.08. The molecule has 6 heteroatoms. The van der Waals surface area contributed by atoms with Crippen LogP contribution in [0.25, 0.3) is 0 Å². The van der Waals surface area contributed by atoms with Crippen molar-refractivity contribution in [3.63, 3.8) is 0 Å². The van der Waals surface area contributed by atoms with Gasteiger partial charge in [0, 0.05) is 6.04 Å². The van der Waals surface area contributed by atoms with E-state index in [1.807, 2.05) is 0 Å². The summed E-state index contributed by atoms with van der Waals surface area (Å²) >= 11 is 0. The van der Waals surface area contributed by atoms with Crippen LogP contribution in [0.15, 0.2) is 6.20 Å². The van der Waals surface area contributed by atoms with Gasteiger partial charge in [0.1, 0.15) is 0 Å². The smallest absolute Gasteiger partial charge is 0.360 e. The lowest BCUT2D eigenvalue weighted by atomic mass is 10.2. The fourth-order valence-corrected chi connectivity index (χ4v) is 1.72. The van der Waals surface area contributed by atoms with Gasteiger partial charge in [-0.05, 0) is 19.4 Å². The topological polar surface area (TPSA) is 69.0 Å². The monoisotopic (exact) mass is 210 g/mol. The highest BCUT2D eigenvalue weighted by molar-refractivity contribution is 5.86. The number of carbonyl (C=O) groups is 1. The molecular weight excluding hydrogens is 196 g/mol. The molecule has 0 saturated carbocycles. The summed E-state index contributed by atoms with van der Waals surface area (Å²) in [5.74, 6) is -0.444. The van der Waals surface area contributed by atoms with E-state index in [2.05, 4.69) is 20.4 Å². The Morgan fingerprint density at radius 2 is 2.67 bits per heavy atom. The van der Waals surface area contributed by atoms with Gasteiger partial charge < -0.3 is 10.1 Å². The average molecular weight is 210 g/mol. The molecule has 1 fully saturated rings. The van der Waals surface area contributed by atoms with Crippen molar-refractivity contribution < 1.29 is 9.53 Å². The molecule has 0 unspecified atom stereocenters. The number of esters is 1. The van der Waals surface area contributed by atoms with E-state index in [0.29, 0.717) is 6.04 Å². The molecule has 0 spiro atoms. The number of carbonyl (C=O) groups excluding carboxylic acids is 1. The van der Waals surface area contributed by atoms with Crippen LogP contribution in [0.5, 0.6) is 0 Å². The number of aromatic nitrogens is 3. The molecule has 1 aliphatic rings. The third-order valence-corrected chi connectivity index (χ3v) is 2.50. The minimum atomic E-state index is -0.444. The van der Waals surface area contributed by atoms with E-state index in [-0.39, 0.29) is 5.69 Å². The summed E-state index contributed by atoms with van der Waals surface area (Å²) in [4.78, 5) is 11.1. The van der Waals surface area contributed by atoms with Crippen LogP contribution in [-0.2, 0) is 11.3 Å². The van der Waals surface area contributed by atoms with E-state index in [4.69, 9.17) is 0 Å². The third kappa shape index (κ3) is 2.33. The molecule has 1 aromatic rings. The Kier molecular flexibility index (Phi) is 2.96. The van der Waals surface area contributed by atoms with Gasteiger partial charge in [0.2, 0.25) is 0 Å². The summed E-state index contributed by atoms with van der Waals surface area (Å²) in [6, 6.07) is 0.442. The first-order valence-electron chi connectivity index (χ1n) is 5.01. The Labute approximate surface area is 87.6 Å². The van der Waals surface area contributed by atoms with Crippen molar-refractivity contribution in [2.24, 2.45) is 0 Å². The largest absolute Gasteiger partial charge is 0.464 e. The molecule has 2 rings (SSSR count). The maximum atomic E-state index is 11.1. The number of ether oxygens (including phenoxy) is 1. The molecule has 0 aliphatic carbocycles. The molecule has 6 nitrogen and oxygen atoms in total. The van der Waals surface area contributed by atoms with Gasteiger partial charge >= 0.3 is 5.97 Å². The molecule has 0 amide bonds. The van der Waals surface area contributed by atoms with Gasteiger partial charge in [-0.3, -0.25) is 4.68 Å². The zero-order chi connectivity index (χ0) is 10.7. The minimum absolute atomic E-state index is 0.260. The van der Waals surface area contributed by atoms with Crippen molar-refractivity contribution in [2.75, 3.05) is 13.7 Å². The molecular formula is C9H14N4O2. The first kappa shape index (κ1) is 10.1. The number of rotatable bonds is 3. The lowest BCUT2D eigenvalue weighted by Crippen LogP contribution is -2.26. The Hall–Kier alpha value is -1.43. The summed E-state index contributed by atoms with van der Waals surface area (Å²) < 4.78 is 6.23. The van der Waals surface area contributed by atoms with E-state index in [9.17, 15) is 4.79 Å². The van der Waals surface area contributed by atoms with Crippen molar-refractivity contribution in [1.29, 1.82) is 0 Å². The molecule has 1 saturated heterocycles. The molecule has 0 radical (unpaired) electrons. The van der Waals surface area contributed by atoms with E-state index < -0.39 is 5.97 Å². The summed E-state index contributed by atoms with van der Waals surface area (Å²) in [5.41, 5.74) is 0.260. The van der Waals surface area contributed by atoms with Gasteiger partial charge in [-0.25, -0.2) is 4.79 Å². The quantitative estimate of drug-likeness (QED) is 0.701. The molecule has 15 heavy (non-hydrogen) atoms. The highest BCUT2D eigenvalue weighted by Crippen LogP contribution is 2.07. The van der Waals surface area contributed by atoms with Crippen LogP contribution < -0.4 is 5.32 Å². The molecule has 1 aromatic heterocycles. The van der Waals surface area contributed by atoms with Crippen LogP contribution in [0.2, 0.25) is 0 Å². The van der Waals surface area contributed by atoms with Crippen molar-refractivity contribution in [3.05, 3.63) is 11.9 Å². The fourth-order valence-electron chi connectivity index (χ4n) is 1.72. The molecule has 82 valence electrons. The van der Waals surface area contributed by atoms with Crippen molar-refractivity contribution in [3.8, 4) is 0 Å². The average Bonchev–Trinajstić information content (AvgIpc) is 2.88. The lowest BCUT2D eigenvalue weighted by molar-refractivity contribution is 0.0594.